The summed E-state index contributed by atoms with van der Waals surface area (Å²) in [6.45, 7) is 3.33. The molecule has 1 amide bonds. The molecule has 0 saturated heterocycles. The Balaban J connectivity index is 1.65. The molecule has 1 heterocycles. The first-order valence-electron chi connectivity index (χ1n) is 8.28. The molecule has 6 nitrogen and oxygen atoms in total. The van der Waals surface area contributed by atoms with E-state index in [-0.39, 0.29) is 10.8 Å². The van der Waals surface area contributed by atoms with Crippen molar-refractivity contribution in [1.82, 2.24) is 4.98 Å². The van der Waals surface area contributed by atoms with Gasteiger partial charge in [0.25, 0.3) is 0 Å². The number of carbonyl (C=O) groups excluding carboxylic acids is 1. The summed E-state index contributed by atoms with van der Waals surface area (Å²) in [5, 5.41) is 12.4. The monoisotopic (exact) mass is 382 g/mol. The molecule has 0 aliphatic heterocycles. The third-order valence-electron chi connectivity index (χ3n) is 3.87. The number of amides is 1. The maximum Gasteiger partial charge on any atom is 0.347 e. The summed E-state index contributed by atoms with van der Waals surface area (Å²) in [6, 6.07) is 16.4. The number of carboxylic acids is 1. The SMILES string of the molecule is Cc1nc([C@@H](C)C(=O)Nc2ccc(Oc3ccccc3)cc2)sc1C(=O)O. The van der Waals surface area contributed by atoms with Crippen molar-refractivity contribution in [2.45, 2.75) is 19.8 Å². The molecule has 0 saturated carbocycles. The van der Waals surface area contributed by atoms with Crippen LogP contribution in [0.4, 0.5) is 5.69 Å². The van der Waals surface area contributed by atoms with Gasteiger partial charge in [0.05, 0.1) is 11.6 Å². The van der Waals surface area contributed by atoms with Gasteiger partial charge >= 0.3 is 5.97 Å². The Hall–Kier alpha value is -3.19. The zero-order valence-corrected chi connectivity index (χ0v) is 15.6. The van der Waals surface area contributed by atoms with Gasteiger partial charge in [-0.3, -0.25) is 4.79 Å². The zero-order valence-electron chi connectivity index (χ0n) is 14.8. The number of para-hydroxylation sites is 1. The number of carbonyl (C=O) groups is 2. The zero-order chi connectivity index (χ0) is 19.4. The summed E-state index contributed by atoms with van der Waals surface area (Å²) >= 11 is 1.03. The first-order valence-corrected chi connectivity index (χ1v) is 9.10. The lowest BCUT2D eigenvalue weighted by Gasteiger charge is -2.11. The summed E-state index contributed by atoms with van der Waals surface area (Å²) < 4.78 is 5.72. The molecule has 0 radical (unpaired) electrons. The number of hydrogen-bond acceptors (Lipinski definition) is 5. The lowest BCUT2D eigenvalue weighted by molar-refractivity contribution is -0.117. The lowest BCUT2D eigenvalue weighted by Crippen LogP contribution is -2.18. The molecule has 27 heavy (non-hydrogen) atoms. The van der Waals surface area contributed by atoms with Crippen molar-refractivity contribution >= 4 is 28.9 Å². The van der Waals surface area contributed by atoms with E-state index < -0.39 is 11.9 Å². The van der Waals surface area contributed by atoms with Crippen LogP contribution in [0.1, 0.15) is 33.2 Å². The largest absolute Gasteiger partial charge is 0.477 e. The van der Waals surface area contributed by atoms with E-state index >= 15 is 0 Å². The van der Waals surface area contributed by atoms with Crippen molar-refractivity contribution in [3.8, 4) is 11.5 Å². The number of aromatic carboxylic acids is 1. The van der Waals surface area contributed by atoms with Gasteiger partial charge < -0.3 is 15.2 Å². The van der Waals surface area contributed by atoms with Gasteiger partial charge in [0, 0.05) is 5.69 Å². The van der Waals surface area contributed by atoms with Gasteiger partial charge in [0.15, 0.2) is 0 Å². The normalized spacial score (nSPS) is 11.6. The van der Waals surface area contributed by atoms with E-state index in [1.807, 2.05) is 30.3 Å². The number of aryl methyl sites for hydroxylation is 1. The average molecular weight is 382 g/mol. The Morgan fingerprint density at radius 2 is 1.70 bits per heavy atom. The molecule has 1 atom stereocenters. The minimum absolute atomic E-state index is 0.159. The van der Waals surface area contributed by atoms with Crippen LogP contribution < -0.4 is 10.1 Å². The van der Waals surface area contributed by atoms with Crippen molar-refractivity contribution in [1.29, 1.82) is 0 Å². The highest BCUT2D eigenvalue weighted by Gasteiger charge is 2.22. The molecule has 0 unspecified atom stereocenters. The molecule has 0 spiro atoms. The number of hydrogen-bond donors (Lipinski definition) is 2. The molecule has 1 aromatic heterocycles. The fourth-order valence-electron chi connectivity index (χ4n) is 2.39. The first kappa shape index (κ1) is 18.6. The number of nitrogens with one attached hydrogen (secondary N) is 1. The summed E-state index contributed by atoms with van der Waals surface area (Å²) in [6.07, 6.45) is 0. The number of thiazole rings is 1. The average Bonchev–Trinajstić information content (AvgIpc) is 3.05. The van der Waals surface area contributed by atoms with Gasteiger partial charge in [-0.25, -0.2) is 9.78 Å². The van der Waals surface area contributed by atoms with Crippen LogP contribution in [-0.2, 0) is 4.79 Å². The molecule has 138 valence electrons. The second-order valence-corrected chi connectivity index (χ2v) is 6.95. The van der Waals surface area contributed by atoms with Crippen LogP contribution in [0, 0.1) is 6.92 Å². The molecule has 7 heteroatoms. The van der Waals surface area contributed by atoms with E-state index in [0.717, 1.165) is 17.1 Å². The van der Waals surface area contributed by atoms with Crippen molar-refractivity contribution in [2.75, 3.05) is 5.32 Å². The van der Waals surface area contributed by atoms with E-state index in [9.17, 15) is 9.59 Å². The maximum atomic E-state index is 12.5. The van der Waals surface area contributed by atoms with E-state index in [4.69, 9.17) is 9.84 Å². The summed E-state index contributed by atoms with van der Waals surface area (Å²) in [5.74, 6) is -0.442. The molecular weight excluding hydrogens is 364 g/mol. The Morgan fingerprint density at radius 1 is 1.07 bits per heavy atom. The smallest absolute Gasteiger partial charge is 0.347 e. The standard InChI is InChI=1S/C20H18N2O4S/c1-12(19-21-13(2)17(27-19)20(24)25)18(23)22-14-8-10-16(11-9-14)26-15-6-4-3-5-7-15/h3-12H,1-2H3,(H,22,23)(H,24,25)/t12-/m0/s1. The molecule has 0 fully saturated rings. The molecule has 0 aliphatic carbocycles. The van der Waals surface area contributed by atoms with Crippen LogP contribution in [0.3, 0.4) is 0 Å². The Bertz CT molecular complexity index is 952. The van der Waals surface area contributed by atoms with Gasteiger partial charge in [-0.1, -0.05) is 18.2 Å². The van der Waals surface area contributed by atoms with Crippen molar-refractivity contribution in [3.05, 3.63) is 70.2 Å². The third kappa shape index (κ3) is 4.51. The molecule has 3 rings (SSSR count). The topological polar surface area (TPSA) is 88.5 Å². The number of carboxylic acid groups (broad SMARTS) is 1. The number of rotatable bonds is 6. The quantitative estimate of drug-likeness (QED) is 0.646. The van der Waals surface area contributed by atoms with E-state index in [1.54, 1.807) is 38.1 Å². The van der Waals surface area contributed by atoms with Crippen LogP contribution in [0.25, 0.3) is 0 Å². The second-order valence-electron chi connectivity index (χ2n) is 5.92. The van der Waals surface area contributed by atoms with E-state index in [1.165, 1.54) is 0 Å². The van der Waals surface area contributed by atoms with Crippen LogP contribution in [0.5, 0.6) is 11.5 Å². The van der Waals surface area contributed by atoms with Crippen molar-refractivity contribution in [2.24, 2.45) is 0 Å². The molecule has 2 N–H and O–H groups in total. The number of ether oxygens (including phenoxy) is 1. The van der Waals surface area contributed by atoms with Gasteiger partial charge in [0.1, 0.15) is 21.4 Å². The third-order valence-corrected chi connectivity index (χ3v) is 5.20. The van der Waals surface area contributed by atoms with Crippen LogP contribution >= 0.6 is 11.3 Å². The van der Waals surface area contributed by atoms with Crippen molar-refractivity contribution in [3.63, 3.8) is 0 Å². The minimum Gasteiger partial charge on any atom is -0.477 e. The Morgan fingerprint density at radius 3 is 2.30 bits per heavy atom. The molecule has 0 aliphatic rings. The van der Waals surface area contributed by atoms with Crippen LogP contribution in [-0.4, -0.2) is 22.0 Å². The Labute approximate surface area is 160 Å². The number of anilines is 1. The minimum atomic E-state index is -1.03. The van der Waals surface area contributed by atoms with E-state index in [0.29, 0.717) is 22.1 Å². The summed E-state index contributed by atoms with van der Waals surface area (Å²) in [4.78, 5) is 28.0. The molecule has 0 bridgehead atoms. The predicted molar refractivity (Wildman–Crippen MR) is 104 cm³/mol. The van der Waals surface area contributed by atoms with Crippen molar-refractivity contribution < 1.29 is 19.4 Å². The highest BCUT2D eigenvalue weighted by atomic mass is 32.1. The van der Waals surface area contributed by atoms with Crippen LogP contribution in [0.2, 0.25) is 0 Å². The maximum absolute atomic E-state index is 12.5. The number of benzene rings is 2. The highest BCUT2D eigenvalue weighted by Crippen LogP contribution is 2.27. The number of aromatic nitrogens is 1. The Kier molecular flexibility index (Phi) is 5.52. The fourth-order valence-corrected chi connectivity index (χ4v) is 3.35. The molecular formula is C20H18N2O4S. The highest BCUT2D eigenvalue weighted by molar-refractivity contribution is 7.13. The summed E-state index contributed by atoms with van der Waals surface area (Å²) in [7, 11) is 0. The van der Waals surface area contributed by atoms with Crippen LogP contribution in [0.15, 0.2) is 54.6 Å². The first-order chi connectivity index (χ1) is 12.9. The van der Waals surface area contributed by atoms with Gasteiger partial charge in [-0.05, 0) is 50.2 Å². The molecule has 2 aromatic carbocycles. The van der Waals surface area contributed by atoms with E-state index in [2.05, 4.69) is 10.3 Å². The molecule has 3 aromatic rings. The fraction of sp³-hybridized carbons (Fsp3) is 0.150. The van der Waals surface area contributed by atoms with Gasteiger partial charge in [-0.2, -0.15) is 0 Å². The lowest BCUT2D eigenvalue weighted by atomic mass is 10.1. The number of nitrogens with zero attached hydrogens (tertiary/aromatic N) is 1. The van der Waals surface area contributed by atoms with Gasteiger partial charge in [0.2, 0.25) is 5.91 Å². The summed E-state index contributed by atoms with van der Waals surface area (Å²) in [5.41, 5.74) is 1.04. The van der Waals surface area contributed by atoms with Gasteiger partial charge in [-0.15, -0.1) is 11.3 Å². The second kappa shape index (κ2) is 8.01. The predicted octanol–water partition coefficient (Wildman–Crippen LogP) is 4.68.